The van der Waals surface area contributed by atoms with E-state index in [-0.39, 0.29) is 0 Å². The van der Waals surface area contributed by atoms with E-state index < -0.39 is 11.7 Å². The van der Waals surface area contributed by atoms with Crippen LogP contribution in [0.2, 0.25) is 0 Å². The molecule has 0 aliphatic rings. The summed E-state index contributed by atoms with van der Waals surface area (Å²) in [4.78, 5) is 0.897. The van der Waals surface area contributed by atoms with Crippen LogP contribution in [0.25, 0.3) is 0 Å². The molecule has 0 aromatic heterocycles. The Hall–Kier alpha value is -0.640. The van der Waals surface area contributed by atoms with Crippen LogP contribution in [-0.2, 0) is 6.18 Å². The van der Waals surface area contributed by atoms with Gasteiger partial charge in [0.1, 0.15) is 0 Å². The molecule has 0 saturated heterocycles. The fourth-order valence-corrected chi connectivity index (χ4v) is 2.14. The van der Waals surface area contributed by atoms with Crippen LogP contribution in [0.15, 0.2) is 29.2 Å². The van der Waals surface area contributed by atoms with Gasteiger partial charge in [0.25, 0.3) is 0 Å². The van der Waals surface area contributed by atoms with Crippen molar-refractivity contribution < 1.29 is 13.2 Å². The van der Waals surface area contributed by atoms with Crippen molar-refractivity contribution in [3.63, 3.8) is 0 Å². The van der Waals surface area contributed by atoms with Crippen LogP contribution in [0.1, 0.15) is 25.8 Å². The number of rotatable bonds is 4. The summed E-state index contributed by atoms with van der Waals surface area (Å²) in [6.45, 7) is 4.25. The Bertz CT molecular complexity index is 316. The van der Waals surface area contributed by atoms with Crippen molar-refractivity contribution in [2.45, 2.75) is 31.3 Å². The van der Waals surface area contributed by atoms with Gasteiger partial charge in [-0.1, -0.05) is 20.3 Å². The highest BCUT2D eigenvalue weighted by Crippen LogP contribution is 2.31. The molecule has 16 heavy (non-hydrogen) atoms. The third kappa shape index (κ3) is 4.08. The summed E-state index contributed by atoms with van der Waals surface area (Å²) in [6.07, 6.45) is -3.15. The SMILES string of the molecule is CCC(C)CSc1ccc(C(F)(F)F)cc1. The molecule has 0 heterocycles. The minimum absolute atomic E-state index is 0.583. The highest BCUT2D eigenvalue weighted by atomic mass is 32.2. The second kappa shape index (κ2) is 5.62. The van der Waals surface area contributed by atoms with Gasteiger partial charge in [0, 0.05) is 10.6 Å². The number of hydrogen-bond donors (Lipinski definition) is 0. The highest BCUT2D eigenvalue weighted by Gasteiger charge is 2.29. The van der Waals surface area contributed by atoms with Gasteiger partial charge in [0.15, 0.2) is 0 Å². The maximum Gasteiger partial charge on any atom is 0.416 e. The third-order valence-electron chi connectivity index (χ3n) is 2.41. The molecular weight excluding hydrogens is 233 g/mol. The molecule has 0 nitrogen and oxygen atoms in total. The number of hydrogen-bond acceptors (Lipinski definition) is 1. The zero-order valence-corrected chi connectivity index (χ0v) is 10.2. The molecule has 90 valence electrons. The first kappa shape index (κ1) is 13.4. The lowest BCUT2D eigenvalue weighted by Crippen LogP contribution is -2.04. The summed E-state index contributed by atoms with van der Waals surface area (Å²) in [6, 6.07) is 5.35. The summed E-state index contributed by atoms with van der Waals surface area (Å²) < 4.78 is 36.8. The molecule has 1 rings (SSSR count). The van der Waals surface area contributed by atoms with Crippen LogP contribution < -0.4 is 0 Å². The smallest absolute Gasteiger partial charge is 0.166 e. The fraction of sp³-hybridized carbons (Fsp3) is 0.500. The van der Waals surface area contributed by atoms with E-state index in [0.717, 1.165) is 29.2 Å². The van der Waals surface area contributed by atoms with Gasteiger partial charge in [-0.25, -0.2) is 0 Å². The summed E-state index contributed by atoms with van der Waals surface area (Å²) in [5, 5.41) is 0. The second-order valence-corrected chi connectivity index (χ2v) is 4.94. The Kier molecular flexibility index (Phi) is 4.71. The lowest BCUT2D eigenvalue weighted by Gasteiger charge is -2.09. The molecule has 0 N–H and O–H groups in total. The normalized spacial score (nSPS) is 13.8. The topological polar surface area (TPSA) is 0 Å². The van der Waals surface area contributed by atoms with E-state index in [1.54, 1.807) is 11.8 Å². The number of thioether (sulfide) groups is 1. The summed E-state index contributed by atoms with van der Waals surface area (Å²) in [7, 11) is 0. The Morgan fingerprint density at radius 3 is 2.19 bits per heavy atom. The van der Waals surface area contributed by atoms with Crippen molar-refractivity contribution in [2.75, 3.05) is 5.75 Å². The van der Waals surface area contributed by atoms with Gasteiger partial charge in [0.05, 0.1) is 5.56 Å². The summed E-state index contributed by atoms with van der Waals surface area (Å²) in [5.74, 6) is 1.54. The zero-order valence-electron chi connectivity index (χ0n) is 9.34. The Labute approximate surface area is 98.2 Å². The van der Waals surface area contributed by atoms with Crippen molar-refractivity contribution >= 4 is 11.8 Å². The third-order valence-corrected chi connectivity index (χ3v) is 3.75. The van der Waals surface area contributed by atoms with Gasteiger partial charge in [-0.2, -0.15) is 13.2 Å². The van der Waals surface area contributed by atoms with E-state index in [0.29, 0.717) is 5.92 Å². The molecule has 0 aliphatic carbocycles. The summed E-state index contributed by atoms with van der Waals surface area (Å²) >= 11 is 1.61. The van der Waals surface area contributed by atoms with Crippen LogP contribution in [-0.4, -0.2) is 5.75 Å². The molecule has 1 atom stereocenters. The standard InChI is InChI=1S/C12H15F3S/c1-3-9(2)8-16-11-6-4-10(5-7-11)12(13,14)15/h4-7,9H,3,8H2,1-2H3. The first-order valence-corrected chi connectivity index (χ1v) is 6.22. The average molecular weight is 248 g/mol. The molecule has 0 fully saturated rings. The van der Waals surface area contributed by atoms with Gasteiger partial charge < -0.3 is 0 Å². The Balaban J connectivity index is 2.58. The molecule has 0 bridgehead atoms. The predicted molar refractivity (Wildman–Crippen MR) is 61.6 cm³/mol. The van der Waals surface area contributed by atoms with Gasteiger partial charge in [0.2, 0.25) is 0 Å². The minimum atomic E-state index is -4.24. The van der Waals surface area contributed by atoms with E-state index in [1.165, 1.54) is 12.1 Å². The maximum absolute atomic E-state index is 12.3. The van der Waals surface area contributed by atoms with Crippen molar-refractivity contribution in [1.29, 1.82) is 0 Å². The fourth-order valence-electron chi connectivity index (χ4n) is 1.10. The molecule has 0 radical (unpaired) electrons. The molecule has 0 amide bonds. The molecule has 1 unspecified atom stereocenters. The first-order chi connectivity index (χ1) is 7.43. The average Bonchev–Trinajstić information content (AvgIpc) is 2.25. The summed E-state index contributed by atoms with van der Waals surface area (Å²) in [5.41, 5.74) is -0.583. The van der Waals surface area contributed by atoms with E-state index in [1.807, 2.05) is 0 Å². The largest absolute Gasteiger partial charge is 0.416 e. The van der Waals surface area contributed by atoms with E-state index in [2.05, 4.69) is 13.8 Å². The molecular formula is C12H15F3S. The Morgan fingerprint density at radius 1 is 1.19 bits per heavy atom. The van der Waals surface area contributed by atoms with Crippen LogP contribution >= 0.6 is 11.8 Å². The number of halogens is 3. The quantitative estimate of drug-likeness (QED) is 0.687. The van der Waals surface area contributed by atoms with Crippen LogP contribution in [0.4, 0.5) is 13.2 Å². The maximum atomic E-state index is 12.3. The number of benzene rings is 1. The molecule has 1 aromatic carbocycles. The second-order valence-electron chi connectivity index (χ2n) is 3.85. The van der Waals surface area contributed by atoms with E-state index in [4.69, 9.17) is 0 Å². The van der Waals surface area contributed by atoms with Crippen LogP contribution in [0, 0.1) is 5.92 Å². The monoisotopic (exact) mass is 248 g/mol. The van der Waals surface area contributed by atoms with Crippen LogP contribution in [0.3, 0.4) is 0 Å². The van der Waals surface area contributed by atoms with Gasteiger partial charge in [-0.3, -0.25) is 0 Å². The van der Waals surface area contributed by atoms with Crippen molar-refractivity contribution in [1.82, 2.24) is 0 Å². The van der Waals surface area contributed by atoms with Crippen LogP contribution in [0.5, 0.6) is 0 Å². The molecule has 0 aliphatic heterocycles. The van der Waals surface area contributed by atoms with Crippen molar-refractivity contribution in [2.24, 2.45) is 5.92 Å². The zero-order chi connectivity index (χ0) is 12.2. The van der Waals surface area contributed by atoms with E-state index in [9.17, 15) is 13.2 Å². The van der Waals surface area contributed by atoms with Gasteiger partial charge >= 0.3 is 6.18 Å². The van der Waals surface area contributed by atoms with Crippen molar-refractivity contribution in [3.8, 4) is 0 Å². The van der Waals surface area contributed by atoms with Crippen molar-refractivity contribution in [3.05, 3.63) is 29.8 Å². The molecule has 0 saturated carbocycles. The predicted octanol–water partition coefficient (Wildman–Crippen LogP) is 4.84. The molecule has 1 aromatic rings. The van der Waals surface area contributed by atoms with E-state index >= 15 is 0 Å². The van der Waals surface area contributed by atoms with Gasteiger partial charge in [-0.15, -0.1) is 11.8 Å². The lowest BCUT2D eigenvalue weighted by molar-refractivity contribution is -0.137. The lowest BCUT2D eigenvalue weighted by atomic mass is 10.2. The minimum Gasteiger partial charge on any atom is -0.166 e. The molecule has 0 spiro atoms. The highest BCUT2D eigenvalue weighted by molar-refractivity contribution is 7.99. The number of alkyl halides is 3. The first-order valence-electron chi connectivity index (χ1n) is 5.23. The van der Waals surface area contributed by atoms with Gasteiger partial charge in [-0.05, 0) is 30.2 Å². The molecule has 4 heteroatoms. The Morgan fingerprint density at radius 2 is 1.75 bits per heavy atom.